The van der Waals surface area contributed by atoms with E-state index in [-0.39, 0.29) is 5.91 Å². The van der Waals surface area contributed by atoms with Crippen molar-refractivity contribution in [3.05, 3.63) is 45.2 Å². The second kappa shape index (κ2) is 11.6. The number of thiazole rings is 1. The summed E-state index contributed by atoms with van der Waals surface area (Å²) in [7, 11) is 0. The molecule has 1 aliphatic heterocycles. The Bertz CT molecular complexity index is 917. The standard InChI is InChI=1S/C27H40N4OS/c1-19(2)16-24-9-6-22-11-14-31(15-12-26(22)29-24)13-10-21-4-7-23(8-5-21)30-27(32)17-25-18-28-20(3)33-25/h6,9,18-19,21,23H,4-5,7-8,10-17H2,1-3H3,(H,30,32). The highest BCUT2D eigenvalue weighted by molar-refractivity contribution is 7.11. The summed E-state index contributed by atoms with van der Waals surface area (Å²) in [5, 5.41) is 4.29. The number of aromatic nitrogens is 2. The number of hydrogen-bond acceptors (Lipinski definition) is 5. The lowest BCUT2D eigenvalue weighted by atomic mass is 9.84. The average Bonchev–Trinajstić information content (AvgIpc) is 3.07. The number of carbonyl (C=O) groups excluding carboxylic acids is 1. The molecule has 1 fully saturated rings. The van der Waals surface area contributed by atoms with Gasteiger partial charge in [0.15, 0.2) is 0 Å². The molecule has 4 rings (SSSR count). The highest BCUT2D eigenvalue weighted by Crippen LogP contribution is 2.28. The molecule has 3 heterocycles. The smallest absolute Gasteiger partial charge is 0.225 e. The molecule has 0 aromatic carbocycles. The first-order valence-corrected chi connectivity index (χ1v) is 13.7. The fourth-order valence-electron chi connectivity index (χ4n) is 5.31. The molecule has 0 atom stereocenters. The van der Waals surface area contributed by atoms with Crippen molar-refractivity contribution in [2.24, 2.45) is 11.8 Å². The van der Waals surface area contributed by atoms with Crippen molar-refractivity contribution < 1.29 is 4.79 Å². The van der Waals surface area contributed by atoms with Crippen molar-refractivity contribution in [2.75, 3.05) is 19.6 Å². The average molecular weight is 469 g/mol. The van der Waals surface area contributed by atoms with Crippen LogP contribution in [0.1, 0.15) is 72.8 Å². The van der Waals surface area contributed by atoms with Gasteiger partial charge in [0.2, 0.25) is 5.91 Å². The molecule has 0 bridgehead atoms. The number of rotatable bonds is 8. The molecule has 6 heteroatoms. The van der Waals surface area contributed by atoms with Gasteiger partial charge in [-0.25, -0.2) is 4.98 Å². The summed E-state index contributed by atoms with van der Waals surface area (Å²) in [4.78, 5) is 25.3. The lowest BCUT2D eigenvalue weighted by Gasteiger charge is -2.30. The van der Waals surface area contributed by atoms with Crippen LogP contribution in [0.15, 0.2) is 18.3 Å². The molecule has 0 saturated heterocycles. The van der Waals surface area contributed by atoms with E-state index in [1.165, 1.54) is 42.8 Å². The molecule has 180 valence electrons. The number of nitrogens with zero attached hydrogens (tertiary/aromatic N) is 3. The molecule has 0 radical (unpaired) electrons. The third-order valence-electron chi connectivity index (χ3n) is 7.18. The maximum absolute atomic E-state index is 12.4. The molecule has 0 spiro atoms. The van der Waals surface area contributed by atoms with Crippen molar-refractivity contribution in [3.8, 4) is 0 Å². The summed E-state index contributed by atoms with van der Waals surface area (Å²) in [5.41, 5.74) is 4.04. The second-order valence-corrected chi connectivity index (χ2v) is 11.8. The molecule has 33 heavy (non-hydrogen) atoms. The molecule has 1 aliphatic carbocycles. The van der Waals surface area contributed by atoms with Crippen molar-refractivity contribution in [2.45, 2.75) is 84.6 Å². The van der Waals surface area contributed by atoms with E-state index in [4.69, 9.17) is 4.98 Å². The lowest BCUT2D eigenvalue weighted by Crippen LogP contribution is -2.38. The molecule has 0 unspecified atom stereocenters. The topological polar surface area (TPSA) is 58.1 Å². The molecule has 2 aromatic rings. The van der Waals surface area contributed by atoms with Gasteiger partial charge >= 0.3 is 0 Å². The summed E-state index contributed by atoms with van der Waals surface area (Å²) < 4.78 is 0. The third kappa shape index (κ3) is 7.35. The van der Waals surface area contributed by atoms with Crippen molar-refractivity contribution >= 4 is 17.2 Å². The van der Waals surface area contributed by atoms with Gasteiger partial charge in [-0.2, -0.15) is 0 Å². The zero-order valence-electron chi connectivity index (χ0n) is 20.6. The van der Waals surface area contributed by atoms with Crippen LogP contribution in [0.4, 0.5) is 0 Å². The van der Waals surface area contributed by atoms with Crippen molar-refractivity contribution in [3.63, 3.8) is 0 Å². The quantitative estimate of drug-likeness (QED) is 0.607. The Balaban J connectivity index is 1.16. The fraction of sp³-hybridized carbons (Fsp3) is 0.667. The molecular formula is C27H40N4OS. The first kappa shape index (κ1) is 24.3. The van der Waals surface area contributed by atoms with E-state index in [0.717, 1.165) is 61.0 Å². The monoisotopic (exact) mass is 468 g/mol. The fourth-order valence-corrected chi connectivity index (χ4v) is 6.11. The second-order valence-electron chi connectivity index (χ2n) is 10.4. The third-order valence-corrected chi connectivity index (χ3v) is 8.09. The van der Waals surface area contributed by atoms with Gasteiger partial charge in [-0.15, -0.1) is 11.3 Å². The number of hydrogen-bond donors (Lipinski definition) is 1. The Labute approximate surface area is 203 Å². The van der Waals surface area contributed by atoms with Crippen LogP contribution in [0.25, 0.3) is 0 Å². The van der Waals surface area contributed by atoms with E-state index in [0.29, 0.717) is 18.4 Å². The summed E-state index contributed by atoms with van der Waals surface area (Å²) in [6.45, 7) is 9.99. The summed E-state index contributed by atoms with van der Waals surface area (Å²) >= 11 is 1.62. The van der Waals surface area contributed by atoms with E-state index in [1.54, 1.807) is 11.3 Å². The Hall–Kier alpha value is -1.79. The number of amides is 1. The minimum absolute atomic E-state index is 0.149. The Morgan fingerprint density at radius 2 is 1.97 bits per heavy atom. The SMILES string of the molecule is Cc1ncc(CC(=O)NC2CCC(CCN3CCc4ccc(CC(C)C)nc4CC3)CC2)s1. The van der Waals surface area contributed by atoms with Crippen LogP contribution in [0, 0.1) is 18.8 Å². The molecule has 1 N–H and O–H groups in total. The first-order chi connectivity index (χ1) is 15.9. The molecule has 2 aliphatic rings. The van der Waals surface area contributed by atoms with E-state index in [2.05, 4.69) is 41.2 Å². The number of fused-ring (bicyclic) bond motifs is 1. The Kier molecular flexibility index (Phi) is 8.53. The van der Waals surface area contributed by atoms with Gasteiger partial charge in [0.05, 0.1) is 11.4 Å². The van der Waals surface area contributed by atoms with Crippen LogP contribution in [-0.4, -0.2) is 46.5 Å². The Morgan fingerprint density at radius 1 is 1.18 bits per heavy atom. The first-order valence-electron chi connectivity index (χ1n) is 12.9. The van der Waals surface area contributed by atoms with E-state index in [9.17, 15) is 4.79 Å². The number of carbonyl (C=O) groups is 1. The van der Waals surface area contributed by atoms with Gasteiger partial charge in [-0.3, -0.25) is 9.78 Å². The van der Waals surface area contributed by atoms with Gasteiger partial charge in [0.25, 0.3) is 0 Å². The maximum Gasteiger partial charge on any atom is 0.225 e. The van der Waals surface area contributed by atoms with Crippen molar-refractivity contribution in [1.82, 2.24) is 20.2 Å². The van der Waals surface area contributed by atoms with Gasteiger partial charge in [-0.1, -0.05) is 19.9 Å². The largest absolute Gasteiger partial charge is 0.353 e. The molecule has 1 amide bonds. The lowest BCUT2D eigenvalue weighted by molar-refractivity contribution is -0.121. The van der Waals surface area contributed by atoms with Crippen LogP contribution in [-0.2, 0) is 30.5 Å². The maximum atomic E-state index is 12.4. The molecule has 2 aromatic heterocycles. The number of pyridine rings is 1. The highest BCUT2D eigenvalue weighted by Gasteiger charge is 2.24. The molecule has 1 saturated carbocycles. The summed E-state index contributed by atoms with van der Waals surface area (Å²) in [5.74, 6) is 1.60. The predicted molar refractivity (Wildman–Crippen MR) is 136 cm³/mol. The van der Waals surface area contributed by atoms with Gasteiger partial charge < -0.3 is 10.2 Å². The van der Waals surface area contributed by atoms with Crippen LogP contribution < -0.4 is 5.32 Å². The predicted octanol–water partition coefficient (Wildman–Crippen LogP) is 4.75. The summed E-state index contributed by atoms with van der Waals surface area (Å²) in [6, 6.07) is 4.92. The molecular weight excluding hydrogens is 428 g/mol. The van der Waals surface area contributed by atoms with E-state index >= 15 is 0 Å². The van der Waals surface area contributed by atoms with E-state index < -0.39 is 0 Å². The minimum Gasteiger partial charge on any atom is -0.353 e. The van der Waals surface area contributed by atoms with Crippen LogP contribution in [0.3, 0.4) is 0 Å². The number of nitrogens with one attached hydrogen (secondary N) is 1. The van der Waals surface area contributed by atoms with Crippen LogP contribution in [0.5, 0.6) is 0 Å². The minimum atomic E-state index is 0.149. The van der Waals surface area contributed by atoms with Gasteiger partial charge in [0, 0.05) is 48.0 Å². The van der Waals surface area contributed by atoms with E-state index in [1.807, 2.05) is 13.1 Å². The van der Waals surface area contributed by atoms with Crippen LogP contribution >= 0.6 is 11.3 Å². The normalized spacial score (nSPS) is 21.6. The molecule has 5 nitrogen and oxygen atoms in total. The van der Waals surface area contributed by atoms with Crippen LogP contribution in [0.2, 0.25) is 0 Å². The van der Waals surface area contributed by atoms with Gasteiger partial charge in [0.1, 0.15) is 0 Å². The van der Waals surface area contributed by atoms with Crippen molar-refractivity contribution in [1.29, 1.82) is 0 Å². The van der Waals surface area contributed by atoms with Gasteiger partial charge in [-0.05, 0) is 81.9 Å². The Morgan fingerprint density at radius 3 is 2.70 bits per heavy atom. The number of aryl methyl sites for hydroxylation is 1. The zero-order valence-corrected chi connectivity index (χ0v) is 21.4. The highest BCUT2D eigenvalue weighted by atomic mass is 32.1. The zero-order chi connectivity index (χ0) is 23.2. The summed E-state index contributed by atoms with van der Waals surface area (Å²) in [6.07, 6.45) is 11.6.